The second-order valence-electron chi connectivity index (χ2n) is 23.6. The minimum atomic E-state index is -0.921. The molecule has 12 rings (SSSR count). The molecular formula is C48H66O12. The van der Waals surface area contributed by atoms with Crippen LogP contribution < -0.4 is 0 Å². The zero-order chi connectivity index (χ0) is 43.0. The van der Waals surface area contributed by atoms with Gasteiger partial charge in [0, 0.05) is 10.8 Å². The minimum Gasteiger partial charge on any atom is -0.481 e. The average Bonchev–Trinajstić information content (AvgIpc) is 3.67. The first kappa shape index (κ1) is 41.2. The Morgan fingerprint density at radius 3 is 1.27 bits per heavy atom. The van der Waals surface area contributed by atoms with Crippen LogP contribution in [-0.4, -0.2) is 58.2 Å². The molecule has 0 aromatic heterocycles. The van der Waals surface area contributed by atoms with Gasteiger partial charge >= 0.3 is 35.8 Å². The summed E-state index contributed by atoms with van der Waals surface area (Å²) in [7, 11) is 0. The van der Waals surface area contributed by atoms with Gasteiger partial charge in [-0.3, -0.25) is 28.8 Å². The van der Waals surface area contributed by atoms with Gasteiger partial charge in [-0.05, 0) is 148 Å². The van der Waals surface area contributed by atoms with E-state index in [0.717, 1.165) is 25.7 Å². The molecule has 10 aliphatic carbocycles. The summed E-state index contributed by atoms with van der Waals surface area (Å²) < 4.78 is 11.2. The van der Waals surface area contributed by atoms with Crippen LogP contribution in [0, 0.1) is 115 Å². The van der Waals surface area contributed by atoms with Gasteiger partial charge in [-0.25, -0.2) is 9.78 Å². The van der Waals surface area contributed by atoms with Gasteiger partial charge in [-0.15, -0.1) is 0 Å². The molecule has 60 heavy (non-hydrogen) atoms. The van der Waals surface area contributed by atoms with Gasteiger partial charge in [-0.1, -0.05) is 54.4 Å². The van der Waals surface area contributed by atoms with Gasteiger partial charge in [0.1, 0.15) is 12.2 Å². The molecular weight excluding hydrogens is 769 g/mol. The third-order valence-corrected chi connectivity index (χ3v) is 21.4. The highest BCUT2D eigenvalue weighted by Crippen LogP contribution is 2.79. The largest absolute Gasteiger partial charge is 0.481 e. The van der Waals surface area contributed by atoms with E-state index in [1.54, 1.807) is 0 Å². The predicted molar refractivity (Wildman–Crippen MR) is 211 cm³/mol. The molecule has 2 N–H and O–H groups in total. The molecule has 0 aromatic rings. The van der Waals surface area contributed by atoms with E-state index in [2.05, 4.69) is 41.5 Å². The number of cyclic esters (lactones) is 4. The summed E-state index contributed by atoms with van der Waals surface area (Å²) in [4.78, 5) is 96.7. The van der Waals surface area contributed by atoms with E-state index >= 15 is 0 Å². The second-order valence-corrected chi connectivity index (χ2v) is 23.6. The van der Waals surface area contributed by atoms with Crippen LogP contribution in [0.3, 0.4) is 0 Å². The molecule has 2 aliphatic heterocycles. The third kappa shape index (κ3) is 4.66. The van der Waals surface area contributed by atoms with Gasteiger partial charge in [0.25, 0.3) is 0 Å². The number of hydrogen-bond donors (Lipinski definition) is 2. The van der Waals surface area contributed by atoms with Crippen LogP contribution in [0.1, 0.15) is 132 Å². The van der Waals surface area contributed by atoms with Crippen LogP contribution >= 0.6 is 0 Å². The van der Waals surface area contributed by atoms with Crippen molar-refractivity contribution in [3.63, 3.8) is 0 Å². The summed E-state index contributed by atoms with van der Waals surface area (Å²) >= 11 is 0. The first-order valence-electron chi connectivity index (χ1n) is 23.5. The summed E-state index contributed by atoms with van der Waals surface area (Å²) in [5, 5.41) is 21.4. The lowest BCUT2D eigenvalue weighted by atomic mass is 9.31. The van der Waals surface area contributed by atoms with Crippen molar-refractivity contribution in [1.82, 2.24) is 0 Å². The fourth-order valence-electron chi connectivity index (χ4n) is 19.5. The van der Waals surface area contributed by atoms with Crippen LogP contribution in [0.15, 0.2) is 0 Å². The second kappa shape index (κ2) is 12.9. The highest BCUT2D eigenvalue weighted by atomic mass is 17.2. The van der Waals surface area contributed by atoms with Gasteiger partial charge in [0.05, 0.1) is 34.5 Å². The van der Waals surface area contributed by atoms with Crippen molar-refractivity contribution in [2.24, 2.45) is 115 Å². The van der Waals surface area contributed by atoms with Crippen molar-refractivity contribution in [3.8, 4) is 0 Å². The molecule has 0 radical (unpaired) electrons. The smallest absolute Gasteiger partial charge is 0.318 e. The molecule has 10 saturated carbocycles. The monoisotopic (exact) mass is 834 g/mol. The Morgan fingerprint density at radius 1 is 0.567 bits per heavy atom. The number of fused-ring (bicyclic) bond motifs is 4. The van der Waals surface area contributed by atoms with Crippen molar-refractivity contribution < 1.29 is 58.2 Å². The number of rotatable bonds is 7. The number of carbonyl (C=O) groups is 6. The number of ether oxygens (including phenoxy) is 2. The topological polar surface area (TPSA) is 180 Å². The molecule has 2 heterocycles. The maximum absolute atomic E-state index is 14.2. The highest BCUT2D eigenvalue weighted by molar-refractivity contribution is 5.98. The van der Waals surface area contributed by atoms with E-state index in [1.807, 2.05) is 13.8 Å². The third-order valence-electron chi connectivity index (χ3n) is 21.4. The maximum Gasteiger partial charge on any atom is 0.318 e. The summed E-state index contributed by atoms with van der Waals surface area (Å²) in [5.74, 6) is -7.42. The number of carboxylic acids is 2. The van der Waals surface area contributed by atoms with Crippen molar-refractivity contribution in [3.05, 3.63) is 0 Å². The van der Waals surface area contributed by atoms with Crippen LogP contribution in [0.5, 0.6) is 0 Å². The van der Waals surface area contributed by atoms with E-state index in [4.69, 9.17) is 19.2 Å². The van der Waals surface area contributed by atoms with E-state index in [-0.39, 0.29) is 59.2 Å². The number of aliphatic carboxylic acids is 2. The first-order chi connectivity index (χ1) is 28.2. The Bertz CT molecular complexity index is 1810. The van der Waals surface area contributed by atoms with E-state index in [0.29, 0.717) is 51.4 Å². The lowest BCUT2D eigenvalue weighted by Crippen LogP contribution is -2.74. The Morgan fingerprint density at radius 2 is 0.933 bits per heavy atom. The number of carbonyl (C=O) groups excluding carboxylic acids is 4. The molecule has 12 fully saturated rings. The number of hydrogen-bond acceptors (Lipinski definition) is 10. The van der Waals surface area contributed by atoms with Crippen molar-refractivity contribution in [1.29, 1.82) is 0 Å². The zero-order valence-corrected chi connectivity index (χ0v) is 36.7. The van der Waals surface area contributed by atoms with Crippen molar-refractivity contribution in [2.75, 3.05) is 0 Å². The van der Waals surface area contributed by atoms with Gasteiger partial charge in [-0.2, -0.15) is 0 Å². The van der Waals surface area contributed by atoms with Crippen LogP contribution in [0.25, 0.3) is 0 Å². The SMILES string of the molecule is CC(C)C1C2CC3C4(C)CCCC(C)(C(=O)O)C4CCC3(C1OOC1C(C(C)C)C3CC4C5(C)CCCC(C)(C(=O)O)C5CCC14C1C(=O)OC(=O)C31)C1C(=O)OC(=O)C21. The van der Waals surface area contributed by atoms with E-state index in [1.165, 1.54) is 0 Å². The lowest BCUT2D eigenvalue weighted by molar-refractivity contribution is -0.455. The van der Waals surface area contributed by atoms with Crippen LogP contribution in [0.2, 0.25) is 0 Å². The fraction of sp³-hybridized carbons (Fsp3) is 0.875. The molecule has 0 aromatic carbocycles. The summed E-state index contributed by atoms with van der Waals surface area (Å²) in [6, 6.07) is 0. The van der Waals surface area contributed by atoms with Crippen LogP contribution in [-0.2, 0) is 48.0 Å². The fourth-order valence-corrected chi connectivity index (χ4v) is 19.5. The first-order valence-corrected chi connectivity index (χ1v) is 23.5. The van der Waals surface area contributed by atoms with E-state index < -0.39 is 104 Å². The molecule has 330 valence electrons. The Balaban J connectivity index is 1.10. The van der Waals surface area contributed by atoms with Crippen molar-refractivity contribution >= 4 is 35.8 Å². The zero-order valence-electron chi connectivity index (χ0n) is 36.7. The highest BCUT2D eigenvalue weighted by Gasteiger charge is 2.81. The molecule has 2 saturated heterocycles. The Labute approximate surface area is 353 Å². The van der Waals surface area contributed by atoms with Crippen molar-refractivity contribution in [2.45, 2.75) is 145 Å². The average molecular weight is 835 g/mol. The lowest BCUT2D eigenvalue weighted by Gasteiger charge is -2.73. The minimum absolute atomic E-state index is 0.0405. The summed E-state index contributed by atoms with van der Waals surface area (Å²) in [5.41, 5.74) is -4.45. The Kier molecular flexibility index (Phi) is 8.83. The van der Waals surface area contributed by atoms with E-state index in [9.17, 15) is 39.0 Å². The number of carboxylic acid groups (broad SMARTS) is 2. The summed E-state index contributed by atoms with van der Waals surface area (Å²) in [6.45, 7) is 16.8. The molecule has 0 amide bonds. The Hall–Kier alpha value is -2.86. The van der Waals surface area contributed by atoms with Crippen LogP contribution in [0.4, 0.5) is 0 Å². The predicted octanol–water partition coefficient (Wildman–Crippen LogP) is 7.50. The molecule has 12 aliphatic rings. The van der Waals surface area contributed by atoms with Gasteiger partial charge < -0.3 is 19.7 Å². The molecule has 12 heteroatoms. The quantitative estimate of drug-likeness (QED) is 0.112. The summed E-state index contributed by atoms with van der Waals surface area (Å²) in [6.07, 6.45) is 6.60. The number of esters is 4. The normalized spacial score (nSPS) is 54.7. The molecule has 20 atom stereocenters. The molecule has 20 unspecified atom stereocenters. The molecule has 12 nitrogen and oxygen atoms in total. The van der Waals surface area contributed by atoms with Gasteiger partial charge in [0.2, 0.25) is 0 Å². The van der Waals surface area contributed by atoms with Gasteiger partial charge in [0.15, 0.2) is 0 Å². The standard InChI is InChI=1S/C48H66O12/c1-21(2)29-23-19-27-43(5)13-9-15-45(7,41(53)54)25(43)11-17-47(27,33-31(23)37(49)57-39(33)51)35(29)59-60-36-30(22(3)4)24-20-28-44(6)14-10-16-46(8,42(55)56)26(44)12-18-48(28,36)34-32(24)38(50)58-40(34)52/h21-36H,9-20H2,1-8H3,(H,53,54)(H,55,56). The molecule has 2 spiro atoms. The molecule has 4 bridgehead atoms. The maximum atomic E-state index is 14.2.